The van der Waals surface area contributed by atoms with Crippen LogP contribution in [-0.2, 0) is 0 Å². The van der Waals surface area contributed by atoms with E-state index in [0.29, 0.717) is 30.9 Å². The van der Waals surface area contributed by atoms with E-state index in [9.17, 15) is 13.6 Å². The number of carbonyl (C=O) groups excluding carboxylic acids is 1. The number of fused-ring (bicyclic) bond motifs is 1. The predicted octanol–water partition coefficient (Wildman–Crippen LogP) is 3.16. The highest BCUT2D eigenvalue weighted by atomic mass is 19.3. The molecular formula is C15H17F2N3O. The van der Waals surface area contributed by atoms with Crippen molar-refractivity contribution in [3.63, 3.8) is 0 Å². The van der Waals surface area contributed by atoms with Gasteiger partial charge < -0.3 is 4.90 Å². The highest BCUT2D eigenvalue weighted by molar-refractivity contribution is 5.95. The van der Waals surface area contributed by atoms with E-state index in [1.807, 2.05) is 24.0 Å². The molecular weight excluding hydrogens is 276 g/mol. The zero-order chi connectivity index (χ0) is 15.0. The average Bonchev–Trinajstić information content (AvgIpc) is 2.89. The summed E-state index contributed by atoms with van der Waals surface area (Å²) in [5, 5.41) is 0. The Morgan fingerprint density at radius 2 is 2.10 bits per heavy atom. The van der Waals surface area contributed by atoms with Crippen LogP contribution in [0.3, 0.4) is 0 Å². The van der Waals surface area contributed by atoms with Gasteiger partial charge in [0.15, 0.2) is 5.78 Å². The lowest BCUT2D eigenvalue weighted by Crippen LogP contribution is -2.39. The first-order valence-corrected chi connectivity index (χ1v) is 7.13. The maximum Gasteiger partial charge on any atom is 0.251 e. The summed E-state index contributed by atoms with van der Waals surface area (Å²) in [5.74, 6) is -2.51. The van der Waals surface area contributed by atoms with Gasteiger partial charge in [0, 0.05) is 50.3 Å². The fourth-order valence-corrected chi connectivity index (χ4v) is 2.65. The molecule has 0 aliphatic carbocycles. The number of imidazole rings is 1. The minimum Gasteiger partial charge on any atom is -0.371 e. The normalized spacial score (nSPS) is 18.1. The van der Waals surface area contributed by atoms with E-state index in [1.165, 1.54) is 0 Å². The Hall–Kier alpha value is -1.98. The Bertz CT molecular complexity index is 671. The molecule has 0 atom stereocenters. The molecule has 6 heteroatoms. The Balaban J connectivity index is 1.87. The lowest BCUT2D eigenvalue weighted by Gasteiger charge is -2.33. The molecule has 21 heavy (non-hydrogen) atoms. The number of hydrogen-bond donors (Lipinski definition) is 0. The van der Waals surface area contributed by atoms with E-state index in [-0.39, 0.29) is 18.6 Å². The fraction of sp³-hybridized carbons (Fsp3) is 0.467. The van der Waals surface area contributed by atoms with Crippen molar-refractivity contribution >= 4 is 17.1 Å². The van der Waals surface area contributed by atoms with Crippen molar-refractivity contribution in [3.8, 4) is 0 Å². The second-order valence-electron chi connectivity index (χ2n) is 5.38. The first kappa shape index (κ1) is 14.0. The van der Waals surface area contributed by atoms with Gasteiger partial charge in [0.05, 0.1) is 6.20 Å². The van der Waals surface area contributed by atoms with Crippen LogP contribution in [0.25, 0.3) is 5.65 Å². The summed E-state index contributed by atoms with van der Waals surface area (Å²) in [7, 11) is 0. The van der Waals surface area contributed by atoms with Crippen LogP contribution in [0.15, 0.2) is 24.5 Å². The highest BCUT2D eigenvalue weighted by Crippen LogP contribution is 2.30. The number of hydrogen-bond acceptors (Lipinski definition) is 3. The van der Waals surface area contributed by atoms with Crippen molar-refractivity contribution in [2.24, 2.45) is 0 Å². The van der Waals surface area contributed by atoms with E-state index in [0.717, 1.165) is 5.69 Å². The average molecular weight is 293 g/mol. The number of halogens is 2. The van der Waals surface area contributed by atoms with Crippen LogP contribution in [0.5, 0.6) is 0 Å². The van der Waals surface area contributed by atoms with Crippen molar-refractivity contribution in [2.45, 2.75) is 32.1 Å². The van der Waals surface area contributed by atoms with E-state index in [1.54, 1.807) is 16.8 Å². The van der Waals surface area contributed by atoms with Gasteiger partial charge in [0.2, 0.25) is 0 Å². The lowest BCUT2D eigenvalue weighted by molar-refractivity contribution is -0.0220. The maximum absolute atomic E-state index is 13.2. The Labute approximate surface area is 121 Å². The van der Waals surface area contributed by atoms with E-state index < -0.39 is 5.92 Å². The van der Waals surface area contributed by atoms with Crippen molar-refractivity contribution in [2.75, 3.05) is 18.0 Å². The summed E-state index contributed by atoms with van der Waals surface area (Å²) in [4.78, 5) is 18.0. The number of aromatic nitrogens is 2. The van der Waals surface area contributed by atoms with Gasteiger partial charge in [-0.25, -0.2) is 13.8 Å². The number of rotatable bonds is 3. The molecule has 1 saturated heterocycles. The highest BCUT2D eigenvalue weighted by Gasteiger charge is 2.34. The van der Waals surface area contributed by atoms with Crippen LogP contribution in [-0.4, -0.2) is 34.2 Å². The Morgan fingerprint density at radius 1 is 1.38 bits per heavy atom. The quantitative estimate of drug-likeness (QED) is 0.816. The molecule has 0 N–H and O–H groups in total. The number of ketones is 1. The van der Waals surface area contributed by atoms with Gasteiger partial charge in [-0.3, -0.25) is 9.20 Å². The second-order valence-corrected chi connectivity index (χ2v) is 5.38. The van der Waals surface area contributed by atoms with E-state index in [2.05, 4.69) is 4.98 Å². The zero-order valence-corrected chi connectivity index (χ0v) is 11.9. The molecule has 3 heterocycles. The monoisotopic (exact) mass is 293 g/mol. The summed E-state index contributed by atoms with van der Waals surface area (Å²) in [6.45, 7) is 2.49. The van der Waals surface area contributed by atoms with Crippen LogP contribution < -0.4 is 4.90 Å². The predicted molar refractivity (Wildman–Crippen MR) is 76.2 cm³/mol. The largest absolute Gasteiger partial charge is 0.371 e. The van der Waals surface area contributed by atoms with Crippen LogP contribution in [0.4, 0.5) is 14.5 Å². The molecule has 0 saturated carbocycles. The molecule has 2 aromatic heterocycles. The Kier molecular flexibility index (Phi) is 3.39. The van der Waals surface area contributed by atoms with Crippen LogP contribution in [0, 0.1) is 0 Å². The smallest absolute Gasteiger partial charge is 0.251 e. The lowest BCUT2D eigenvalue weighted by atomic mass is 10.1. The molecule has 1 fully saturated rings. The molecule has 4 nitrogen and oxygen atoms in total. The number of anilines is 1. The number of nitrogens with zero attached hydrogens (tertiary/aromatic N) is 3. The second kappa shape index (κ2) is 5.09. The van der Waals surface area contributed by atoms with Crippen molar-refractivity contribution in [3.05, 3.63) is 30.2 Å². The topological polar surface area (TPSA) is 37.6 Å². The Morgan fingerprint density at radius 3 is 2.76 bits per heavy atom. The third-order valence-corrected chi connectivity index (χ3v) is 3.96. The van der Waals surface area contributed by atoms with Gasteiger partial charge in [-0.2, -0.15) is 0 Å². The van der Waals surface area contributed by atoms with Crippen LogP contribution in [0.1, 0.15) is 36.7 Å². The minimum atomic E-state index is -2.55. The van der Waals surface area contributed by atoms with Crippen molar-refractivity contribution in [1.29, 1.82) is 0 Å². The van der Waals surface area contributed by atoms with Gasteiger partial charge in [0.1, 0.15) is 11.3 Å². The number of piperidine rings is 1. The third-order valence-electron chi connectivity index (χ3n) is 3.96. The summed E-state index contributed by atoms with van der Waals surface area (Å²) in [6.07, 6.45) is 3.54. The SMILES string of the molecule is CCC(=O)c1cnc2cc(N3CCC(F)(F)CC3)ccn12. The van der Waals surface area contributed by atoms with E-state index in [4.69, 9.17) is 0 Å². The van der Waals surface area contributed by atoms with Crippen molar-refractivity contribution < 1.29 is 13.6 Å². The van der Waals surface area contributed by atoms with Gasteiger partial charge in [-0.05, 0) is 6.07 Å². The molecule has 3 rings (SSSR count). The van der Waals surface area contributed by atoms with Gasteiger partial charge in [-0.15, -0.1) is 0 Å². The molecule has 1 aliphatic rings. The van der Waals surface area contributed by atoms with E-state index >= 15 is 0 Å². The zero-order valence-electron chi connectivity index (χ0n) is 11.9. The summed E-state index contributed by atoms with van der Waals surface area (Å²) < 4.78 is 28.1. The molecule has 0 radical (unpaired) electrons. The number of carbonyl (C=O) groups is 1. The third kappa shape index (κ3) is 2.62. The molecule has 112 valence electrons. The van der Waals surface area contributed by atoms with Crippen molar-refractivity contribution in [1.82, 2.24) is 9.38 Å². The minimum absolute atomic E-state index is 0.0351. The molecule has 0 bridgehead atoms. The molecule has 0 unspecified atom stereocenters. The molecule has 2 aromatic rings. The first-order valence-electron chi connectivity index (χ1n) is 7.13. The molecule has 0 spiro atoms. The fourth-order valence-electron chi connectivity index (χ4n) is 2.65. The number of alkyl halides is 2. The van der Waals surface area contributed by atoms with Crippen LogP contribution >= 0.6 is 0 Å². The van der Waals surface area contributed by atoms with Gasteiger partial charge >= 0.3 is 0 Å². The molecule has 0 amide bonds. The molecule has 0 aromatic carbocycles. The summed E-state index contributed by atoms with van der Waals surface area (Å²) in [5.41, 5.74) is 2.10. The molecule has 1 aliphatic heterocycles. The van der Waals surface area contributed by atoms with Crippen LogP contribution in [0.2, 0.25) is 0 Å². The standard InChI is InChI=1S/C15H17F2N3O/c1-2-13(21)12-10-18-14-9-11(3-6-20(12)14)19-7-4-15(16,17)5-8-19/h3,6,9-10H,2,4-5,7-8H2,1H3. The van der Waals surface area contributed by atoms with Gasteiger partial charge in [-0.1, -0.05) is 6.92 Å². The summed E-state index contributed by atoms with van der Waals surface area (Å²) >= 11 is 0. The number of pyridine rings is 1. The first-order chi connectivity index (χ1) is 10.00. The number of Topliss-reactive ketones (excluding diaryl/α,β-unsaturated/α-hetero) is 1. The summed E-state index contributed by atoms with van der Waals surface area (Å²) in [6, 6.07) is 3.69. The van der Waals surface area contributed by atoms with Gasteiger partial charge in [0.25, 0.3) is 5.92 Å². The maximum atomic E-state index is 13.2.